The lowest BCUT2D eigenvalue weighted by atomic mass is 10.2. The highest BCUT2D eigenvalue weighted by molar-refractivity contribution is 9.09. The zero-order chi connectivity index (χ0) is 12.5. The van der Waals surface area contributed by atoms with Crippen molar-refractivity contribution >= 4 is 21.9 Å². The molecule has 0 spiro atoms. The first-order valence-corrected chi connectivity index (χ1v) is 6.51. The molecular formula is C13H15BrO3. The zero-order valence-electron chi connectivity index (χ0n) is 9.69. The molecule has 4 heteroatoms. The van der Waals surface area contributed by atoms with Crippen LogP contribution in [0.5, 0.6) is 5.75 Å². The average Bonchev–Trinajstić information content (AvgIpc) is 2.35. The first kappa shape index (κ1) is 13.8. The lowest BCUT2D eigenvalue weighted by Crippen LogP contribution is -2.07. The number of carbonyl (C=O) groups excluding carboxylic acids is 1. The van der Waals surface area contributed by atoms with Gasteiger partial charge in [0.2, 0.25) is 0 Å². The van der Waals surface area contributed by atoms with Gasteiger partial charge in [-0.1, -0.05) is 40.2 Å². The number of carbonyl (C=O) groups is 1. The van der Waals surface area contributed by atoms with Crippen LogP contribution in [0.1, 0.15) is 17.3 Å². The molecule has 17 heavy (non-hydrogen) atoms. The summed E-state index contributed by atoms with van der Waals surface area (Å²) in [5.74, 6) is 0.192. The summed E-state index contributed by atoms with van der Waals surface area (Å²) in [5.41, 5.74) is 0.460. The van der Waals surface area contributed by atoms with E-state index in [2.05, 4.69) is 15.9 Å². The zero-order valence-corrected chi connectivity index (χ0v) is 11.3. The normalized spacial score (nSPS) is 10.5. The van der Waals surface area contributed by atoms with Crippen molar-refractivity contribution in [3.8, 4) is 5.75 Å². The number of para-hydroxylation sites is 1. The summed E-state index contributed by atoms with van der Waals surface area (Å²) in [5, 5.41) is 0.788. The van der Waals surface area contributed by atoms with Crippen molar-refractivity contribution < 1.29 is 14.3 Å². The van der Waals surface area contributed by atoms with Crippen molar-refractivity contribution in [2.45, 2.75) is 6.92 Å². The molecule has 1 aromatic rings. The van der Waals surface area contributed by atoms with E-state index in [1.165, 1.54) is 0 Å². The Hall–Kier alpha value is -1.29. The Balaban J connectivity index is 2.70. The lowest BCUT2D eigenvalue weighted by molar-refractivity contribution is 0.0522. The highest BCUT2D eigenvalue weighted by Crippen LogP contribution is 2.18. The first-order chi connectivity index (χ1) is 8.29. The van der Waals surface area contributed by atoms with Crippen LogP contribution in [0.25, 0.3) is 0 Å². The molecule has 0 bridgehead atoms. The summed E-state index contributed by atoms with van der Waals surface area (Å²) >= 11 is 3.28. The Bertz CT molecular complexity index is 388. The number of ether oxygens (including phenoxy) is 2. The fraction of sp³-hybridized carbons (Fsp3) is 0.308. The van der Waals surface area contributed by atoms with E-state index in [0.29, 0.717) is 24.5 Å². The number of esters is 1. The third-order valence-corrected chi connectivity index (χ3v) is 2.35. The van der Waals surface area contributed by atoms with E-state index in [4.69, 9.17) is 9.47 Å². The smallest absolute Gasteiger partial charge is 0.341 e. The summed E-state index contributed by atoms with van der Waals surface area (Å²) in [6, 6.07) is 7.06. The Labute approximate surface area is 110 Å². The Morgan fingerprint density at radius 1 is 1.35 bits per heavy atom. The van der Waals surface area contributed by atoms with Gasteiger partial charge in [0.25, 0.3) is 0 Å². The van der Waals surface area contributed by atoms with Gasteiger partial charge in [0.15, 0.2) is 0 Å². The molecule has 0 amide bonds. The highest BCUT2D eigenvalue weighted by atomic mass is 79.9. The van der Waals surface area contributed by atoms with Gasteiger partial charge in [0.1, 0.15) is 17.9 Å². The van der Waals surface area contributed by atoms with Gasteiger partial charge >= 0.3 is 5.97 Å². The molecule has 0 aliphatic rings. The molecule has 3 nitrogen and oxygen atoms in total. The topological polar surface area (TPSA) is 35.5 Å². The largest absolute Gasteiger partial charge is 0.489 e. The molecule has 92 valence electrons. The van der Waals surface area contributed by atoms with E-state index >= 15 is 0 Å². The van der Waals surface area contributed by atoms with Crippen molar-refractivity contribution in [1.82, 2.24) is 0 Å². The molecule has 0 atom stereocenters. The quantitative estimate of drug-likeness (QED) is 0.460. The molecule has 0 aliphatic carbocycles. The van der Waals surface area contributed by atoms with Crippen molar-refractivity contribution in [2.24, 2.45) is 0 Å². The number of alkyl halides is 1. The van der Waals surface area contributed by atoms with Crippen LogP contribution in [0.4, 0.5) is 0 Å². The van der Waals surface area contributed by atoms with Crippen LogP contribution in [0, 0.1) is 0 Å². The summed E-state index contributed by atoms with van der Waals surface area (Å²) in [7, 11) is 0. The van der Waals surface area contributed by atoms with E-state index in [-0.39, 0.29) is 5.97 Å². The summed E-state index contributed by atoms with van der Waals surface area (Å²) < 4.78 is 10.4. The molecule has 0 heterocycles. The predicted octanol–water partition coefficient (Wildman–Crippen LogP) is 3.19. The highest BCUT2D eigenvalue weighted by Gasteiger charge is 2.12. The molecule has 0 unspecified atom stereocenters. The molecule has 0 saturated carbocycles. The van der Waals surface area contributed by atoms with Crippen molar-refractivity contribution in [3.05, 3.63) is 42.0 Å². The number of allylic oxidation sites excluding steroid dienone is 1. The fourth-order valence-corrected chi connectivity index (χ4v) is 1.50. The van der Waals surface area contributed by atoms with Crippen molar-refractivity contribution in [3.63, 3.8) is 0 Å². The van der Waals surface area contributed by atoms with Crippen molar-refractivity contribution in [1.29, 1.82) is 0 Å². The molecule has 0 aliphatic heterocycles. The predicted molar refractivity (Wildman–Crippen MR) is 70.8 cm³/mol. The van der Waals surface area contributed by atoms with Gasteiger partial charge in [-0.25, -0.2) is 4.79 Å². The van der Waals surface area contributed by atoms with Crippen LogP contribution in [0.15, 0.2) is 36.4 Å². The van der Waals surface area contributed by atoms with Gasteiger partial charge in [-0.3, -0.25) is 0 Å². The maximum atomic E-state index is 11.6. The number of benzene rings is 1. The van der Waals surface area contributed by atoms with Gasteiger partial charge in [-0.15, -0.1) is 0 Å². The van der Waals surface area contributed by atoms with Crippen LogP contribution < -0.4 is 4.74 Å². The third kappa shape index (κ3) is 4.61. The average molecular weight is 299 g/mol. The molecule has 1 rings (SSSR count). The van der Waals surface area contributed by atoms with Gasteiger partial charge in [0.05, 0.1) is 6.61 Å². The maximum Gasteiger partial charge on any atom is 0.341 e. The Kier molecular flexibility index (Phi) is 6.40. The first-order valence-electron chi connectivity index (χ1n) is 5.39. The van der Waals surface area contributed by atoms with Gasteiger partial charge in [0, 0.05) is 5.33 Å². The fourth-order valence-electron chi connectivity index (χ4n) is 1.24. The minimum Gasteiger partial charge on any atom is -0.489 e. The Morgan fingerprint density at radius 2 is 2.12 bits per heavy atom. The minimum atomic E-state index is -0.354. The van der Waals surface area contributed by atoms with Crippen LogP contribution in [-0.2, 0) is 4.74 Å². The summed E-state index contributed by atoms with van der Waals surface area (Å²) in [6.45, 7) is 2.57. The van der Waals surface area contributed by atoms with E-state index in [1.54, 1.807) is 25.1 Å². The molecule has 0 radical (unpaired) electrons. The molecular weight excluding hydrogens is 284 g/mol. The van der Waals surface area contributed by atoms with Crippen molar-refractivity contribution in [2.75, 3.05) is 18.5 Å². The standard InChI is InChI=1S/C13H15BrO3/c1-2-16-13(15)11-7-3-4-8-12(11)17-10-6-5-9-14/h3-8H,2,9-10H2,1H3. The molecule has 0 N–H and O–H groups in total. The van der Waals surface area contributed by atoms with Crippen LogP contribution in [0.2, 0.25) is 0 Å². The third-order valence-electron chi connectivity index (χ3n) is 1.97. The maximum absolute atomic E-state index is 11.6. The molecule has 0 aromatic heterocycles. The minimum absolute atomic E-state index is 0.354. The molecule has 1 aromatic carbocycles. The van der Waals surface area contributed by atoms with Crippen LogP contribution in [-0.4, -0.2) is 24.5 Å². The van der Waals surface area contributed by atoms with Crippen LogP contribution >= 0.6 is 15.9 Å². The molecule has 0 saturated heterocycles. The van der Waals surface area contributed by atoms with E-state index in [9.17, 15) is 4.79 Å². The van der Waals surface area contributed by atoms with Crippen LogP contribution in [0.3, 0.4) is 0 Å². The monoisotopic (exact) mass is 298 g/mol. The van der Waals surface area contributed by atoms with Gasteiger partial charge in [-0.05, 0) is 19.1 Å². The lowest BCUT2D eigenvalue weighted by Gasteiger charge is -2.08. The Morgan fingerprint density at radius 3 is 2.82 bits per heavy atom. The number of rotatable bonds is 6. The second-order valence-electron chi connectivity index (χ2n) is 3.15. The van der Waals surface area contributed by atoms with E-state index in [0.717, 1.165) is 5.33 Å². The summed E-state index contributed by atoms with van der Waals surface area (Å²) in [4.78, 5) is 11.6. The van der Waals surface area contributed by atoms with E-state index in [1.807, 2.05) is 18.2 Å². The summed E-state index contributed by atoms with van der Waals surface area (Å²) in [6.07, 6.45) is 3.82. The van der Waals surface area contributed by atoms with Gasteiger partial charge in [-0.2, -0.15) is 0 Å². The molecule has 0 fully saturated rings. The number of hydrogen-bond acceptors (Lipinski definition) is 3. The SMILES string of the molecule is CCOC(=O)c1ccccc1OCC=CCBr. The number of hydrogen-bond donors (Lipinski definition) is 0. The second kappa shape index (κ2) is 7.90. The van der Waals surface area contributed by atoms with E-state index < -0.39 is 0 Å². The number of halogens is 1. The second-order valence-corrected chi connectivity index (χ2v) is 3.80. The van der Waals surface area contributed by atoms with Gasteiger partial charge < -0.3 is 9.47 Å².